The van der Waals surface area contributed by atoms with Crippen LogP contribution in [0.5, 0.6) is 0 Å². The van der Waals surface area contributed by atoms with E-state index < -0.39 is 18.0 Å². The Kier molecular flexibility index (Phi) is 6.64. The smallest absolute Gasteiger partial charge is 0.338 e. The fourth-order valence-corrected chi connectivity index (χ4v) is 2.75. The van der Waals surface area contributed by atoms with E-state index in [4.69, 9.17) is 9.15 Å². The summed E-state index contributed by atoms with van der Waals surface area (Å²) in [6.07, 6.45) is 0.339. The Hall–Kier alpha value is -3.87. The fourth-order valence-electron chi connectivity index (χ4n) is 2.75. The minimum Gasteiger partial charge on any atom is -0.462 e. The first-order chi connectivity index (χ1) is 14.5. The second kappa shape index (κ2) is 9.56. The number of ether oxygens (including phenoxy) is 1. The molecule has 0 saturated heterocycles. The van der Waals surface area contributed by atoms with Crippen molar-refractivity contribution in [1.82, 2.24) is 5.32 Å². The third-order valence-corrected chi connectivity index (χ3v) is 4.33. The lowest BCUT2D eigenvalue weighted by Crippen LogP contribution is -2.46. The van der Waals surface area contributed by atoms with Crippen molar-refractivity contribution in [3.63, 3.8) is 0 Å². The second-order valence-electron chi connectivity index (χ2n) is 6.56. The van der Waals surface area contributed by atoms with E-state index in [1.807, 2.05) is 19.1 Å². The molecule has 3 rings (SSSR count). The van der Waals surface area contributed by atoms with Crippen molar-refractivity contribution in [2.24, 2.45) is 0 Å². The Morgan fingerprint density at radius 2 is 1.63 bits per heavy atom. The molecule has 0 aliphatic heterocycles. The molecule has 2 aromatic carbocycles. The molecule has 7 nitrogen and oxygen atoms in total. The Balaban J connectivity index is 1.81. The number of aryl methyl sites for hydroxylation is 1. The lowest BCUT2D eigenvalue weighted by Gasteiger charge is -2.20. The number of ketones is 1. The van der Waals surface area contributed by atoms with Crippen LogP contribution in [0.4, 0.5) is 5.69 Å². The Morgan fingerprint density at radius 3 is 2.23 bits per heavy atom. The Morgan fingerprint density at radius 1 is 0.967 bits per heavy atom. The van der Waals surface area contributed by atoms with Crippen LogP contribution in [-0.2, 0) is 4.74 Å². The molecular weight excluding hydrogens is 384 g/mol. The molecule has 3 aromatic rings. The molecule has 0 saturated carbocycles. The Bertz CT molecular complexity index is 1010. The number of carbonyl (C=O) groups excluding carboxylic acids is 3. The summed E-state index contributed by atoms with van der Waals surface area (Å²) in [6, 6.07) is 16.6. The Labute approximate surface area is 174 Å². The van der Waals surface area contributed by atoms with Crippen LogP contribution in [0.25, 0.3) is 0 Å². The number of benzene rings is 2. The van der Waals surface area contributed by atoms with E-state index in [0.717, 1.165) is 5.56 Å². The summed E-state index contributed by atoms with van der Waals surface area (Å²) in [5.41, 5.74) is 2.41. The van der Waals surface area contributed by atoms with Gasteiger partial charge in [0.05, 0.1) is 18.4 Å². The predicted molar refractivity (Wildman–Crippen MR) is 111 cm³/mol. The van der Waals surface area contributed by atoms with Crippen molar-refractivity contribution < 1.29 is 23.5 Å². The zero-order valence-electron chi connectivity index (χ0n) is 16.7. The van der Waals surface area contributed by atoms with Crippen LogP contribution in [0, 0.1) is 6.92 Å². The average molecular weight is 406 g/mol. The molecule has 1 unspecified atom stereocenters. The van der Waals surface area contributed by atoms with Crippen molar-refractivity contribution in [1.29, 1.82) is 0 Å². The van der Waals surface area contributed by atoms with Crippen molar-refractivity contribution in [3.8, 4) is 0 Å². The van der Waals surface area contributed by atoms with Crippen LogP contribution in [-0.4, -0.2) is 30.4 Å². The fraction of sp³-hybridized carbons (Fsp3) is 0.174. The molecule has 30 heavy (non-hydrogen) atoms. The number of Topliss-reactive ketones (excluding diaryl/α,β-unsaturated/α-hetero) is 1. The molecule has 1 heterocycles. The summed E-state index contributed by atoms with van der Waals surface area (Å²) in [7, 11) is 0. The van der Waals surface area contributed by atoms with Gasteiger partial charge in [0, 0.05) is 11.3 Å². The van der Waals surface area contributed by atoms with E-state index in [-0.39, 0.29) is 18.2 Å². The van der Waals surface area contributed by atoms with Crippen LogP contribution < -0.4 is 10.6 Å². The van der Waals surface area contributed by atoms with Gasteiger partial charge in [-0.15, -0.1) is 0 Å². The van der Waals surface area contributed by atoms with Gasteiger partial charge in [0.1, 0.15) is 0 Å². The molecule has 0 aliphatic carbocycles. The van der Waals surface area contributed by atoms with Crippen LogP contribution in [0.15, 0.2) is 71.3 Å². The minimum atomic E-state index is -1.04. The number of hydrogen-bond donors (Lipinski definition) is 2. The summed E-state index contributed by atoms with van der Waals surface area (Å²) in [6.45, 7) is 3.94. The maximum atomic E-state index is 13.0. The third kappa shape index (κ3) is 5.14. The molecule has 1 aromatic heterocycles. The monoisotopic (exact) mass is 406 g/mol. The number of amides is 1. The van der Waals surface area contributed by atoms with Gasteiger partial charge in [0.2, 0.25) is 5.78 Å². The normalized spacial score (nSPS) is 11.4. The number of carbonyl (C=O) groups is 3. The predicted octanol–water partition coefficient (Wildman–Crippen LogP) is 3.82. The molecular formula is C23H22N2O5. The number of rotatable bonds is 8. The SMILES string of the molecule is CCOC(=O)c1ccc(NC(NC(=O)c2ccco2)C(=O)c2ccc(C)cc2)cc1. The average Bonchev–Trinajstić information content (AvgIpc) is 3.29. The standard InChI is InChI=1S/C23H22N2O5/c1-3-29-23(28)17-10-12-18(13-11-17)24-21(25-22(27)19-5-4-14-30-19)20(26)16-8-6-15(2)7-9-16/h4-14,21,24H,3H2,1-2H3,(H,25,27). The van der Waals surface area contributed by atoms with Crippen molar-refractivity contribution in [2.75, 3.05) is 11.9 Å². The zero-order valence-corrected chi connectivity index (χ0v) is 16.7. The maximum absolute atomic E-state index is 13.0. The van der Waals surface area contributed by atoms with Gasteiger partial charge >= 0.3 is 5.97 Å². The molecule has 0 fully saturated rings. The number of furan rings is 1. The zero-order chi connectivity index (χ0) is 21.5. The topological polar surface area (TPSA) is 97.6 Å². The molecule has 0 spiro atoms. The first-order valence-corrected chi connectivity index (χ1v) is 9.47. The van der Waals surface area contributed by atoms with Crippen molar-refractivity contribution in [3.05, 3.63) is 89.4 Å². The van der Waals surface area contributed by atoms with Gasteiger partial charge in [0.25, 0.3) is 5.91 Å². The van der Waals surface area contributed by atoms with E-state index in [9.17, 15) is 14.4 Å². The van der Waals surface area contributed by atoms with E-state index in [0.29, 0.717) is 16.8 Å². The van der Waals surface area contributed by atoms with E-state index in [1.165, 1.54) is 12.3 Å². The van der Waals surface area contributed by atoms with Gasteiger partial charge in [-0.3, -0.25) is 9.59 Å². The van der Waals surface area contributed by atoms with Gasteiger partial charge in [-0.05, 0) is 50.2 Å². The molecule has 1 atom stereocenters. The number of hydrogen-bond acceptors (Lipinski definition) is 6. The molecule has 2 N–H and O–H groups in total. The summed E-state index contributed by atoms with van der Waals surface area (Å²) in [5, 5.41) is 5.66. The van der Waals surface area contributed by atoms with Crippen molar-refractivity contribution in [2.45, 2.75) is 20.0 Å². The van der Waals surface area contributed by atoms with Crippen LogP contribution in [0.2, 0.25) is 0 Å². The minimum absolute atomic E-state index is 0.0937. The molecule has 154 valence electrons. The molecule has 7 heteroatoms. The van der Waals surface area contributed by atoms with Gasteiger partial charge in [-0.25, -0.2) is 4.79 Å². The molecule has 0 radical (unpaired) electrons. The highest BCUT2D eigenvalue weighted by molar-refractivity contribution is 6.04. The summed E-state index contributed by atoms with van der Waals surface area (Å²) in [5.74, 6) is -1.18. The van der Waals surface area contributed by atoms with Crippen LogP contribution in [0.3, 0.4) is 0 Å². The first-order valence-electron chi connectivity index (χ1n) is 9.47. The number of anilines is 1. The van der Waals surface area contributed by atoms with Gasteiger partial charge < -0.3 is 19.8 Å². The second-order valence-corrected chi connectivity index (χ2v) is 6.56. The maximum Gasteiger partial charge on any atom is 0.338 e. The highest BCUT2D eigenvalue weighted by Crippen LogP contribution is 2.14. The molecule has 0 bridgehead atoms. The summed E-state index contributed by atoms with van der Waals surface area (Å²) >= 11 is 0. The lowest BCUT2D eigenvalue weighted by molar-refractivity contribution is 0.0526. The number of esters is 1. The quantitative estimate of drug-likeness (QED) is 0.335. The van der Waals surface area contributed by atoms with E-state index in [1.54, 1.807) is 49.4 Å². The first kappa shape index (κ1) is 20.9. The van der Waals surface area contributed by atoms with Gasteiger partial charge in [-0.1, -0.05) is 29.8 Å². The van der Waals surface area contributed by atoms with Gasteiger partial charge in [0.15, 0.2) is 11.9 Å². The molecule has 0 aliphatic rings. The van der Waals surface area contributed by atoms with Crippen molar-refractivity contribution >= 4 is 23.3 Å². The van der Waals surface area contributed by atoms with E-state index >= 15 is 0 Å². The molecule has 1 amide bonds. The largest absolute Gasteiger partial charge is 0.462 e. The van der Waals surface area contributed by atoms with Gasteiger partial charge in [-0.2, -0.15) is 0 Å². The summed E-state index contributed by atoms with van der Waals surface area (Å²) in [4.78, 5) is 37.3. The highest BCUT2D eigenvalue weighted by Gasteiger charge is 2.24. The van der Waals surface area contributed by atoms with Crippen LogP contribution in [0.1, 0.15) is 43.8 Å². The highest BCUT2D eigenvalue weighted by atomic mass is 16.5. The summed E-state index contributed by atoms with van der Waals surface area (Å²) < 4.78 is 10.1. The third-order valence-electron chi connectivity index (χ3n) is 4.33. The van der Waals surface area contributed by atoms with E-state index in [2.05, 4.69) is 10.6 Å². The van der Waals surface area contributed by atoms with Crippen LogP contribution >= 0.6 is 0 Å². The lowest BCUT2D eigenvalue weighted by atomic mass is 10.1. The number of nitrogens with one attached hydrogen (secondary N) is 2.